The maximum absolute atomic E-state index is 9.74. The summed E-state index contributed by atoms with van der Waals surface area (Å²) in [5.74, 6) is 0. The summed E-state index contributed by atoms with van der Waals surface area (Å²) in [6.45, 7) is 1.94. The maximum atomic E-state index is 9.74. The van der Waals surface area contributed by atoms with Gasteiger partial charge in [0.05, 0.1) is 5.60 Å². The highest BCUT2D eigenvalue weighted by Gasteiger charge is 2.43. The van der Waals surface area contributed by atoms with E-state index < -0.39 is 5.60 Å². The molecule has 1 aromatic rings. The van der Waals surface area contributed by atoms with E-state index in [1.807, 2.05) is 19.1 Å². The van der Waals surface area contributed by atoms with Crippen LogP contribution < -0.4 is 0 Å². The molecular weight excluding hydrogens is 138 g/mol. The first-order valence-electron chi connectivity index (χ1n) is 3.87. The third-order valence-corrected chi connectivity index (χ3v) is 2.23. The summed E-state index contributed by atoms with van der Waals surface area (Å²) in [4.78, 5) is 4.13. The predicted molar refractivity (Wildman–Crippen MR) is 42.1 cm³/mol. The molecule has 0 atom stereocenters. The predicted octanol–water partition coefficient (Wildman–Crippen LogP) is 1.37. The Bertz CT molecular complexity index is 279. The van der Waals surface area contributed by atoms with E-state index >= 15 is 0 Å². The van der Waals surface area contributed by atoms with Gasteiger partial charge in [0.1, 0.15) is 0 Å². The second-order valence-electron chi connectivity index (χ2n) is 3.17. The molecule has 1 fully saturated rings. The topological polar surface area (TPSA) is 33.1 Å². The number of hydrogen-bond donors (Lipinski definition) is 1. The van der Waals surface area contributed by atoms with Crippen LogP contribution in [-0.2, 0) is 5.60 Å². The van der Waals surface area contributed by atoms with E-state index in [0.29, 0.717) is 0 Å². The van der Waals surface area contributed by atoms with Crippen LogP contribution in [0, 0.1) is 6.92 Å². The van der Waals surface area contributed by atoms with E-state index in [-0.39, 0.29) is 0 Å². The van der Waals surface area contributed by atoms with Gasteiger partial charge < -0.3 is 5.11 Å². The molecule has 58 valence electrons. The smallest absolute Gasteiger partial charge is 0.0916 e. The van der Waals surface area contributed by atoms with Gasteiger partial charge in [-0.15, -0.1) is 0 Å². The summed E-state index contributed by atoms with van der Waals surface area (Å²) in [6, 6.07) is 3.83. The fraction of sp³-hybridized carbons (Fsp3) is 0.444. The molecule has 1 aliphatic rings. The van der Waals surface area contributed by atoms with Crippen LogP contribution in [0.15, 0.2) is 18.3 Å². The van der Waals surface area contributed by atoms with Crippen molar-refractivity contribution in [2.45, 2.75) is 25.4 Å². The van der Waals surface area contributed by atoms with Crippen LogP contribution in [0.4, 0.5) is 0 Å². The van der Waals surface area contributed by atoms with E-state index in [1.54, 1.807) is 6.20 Å². The van der Waals surface area contributed by atoms with Gasteiger partial charge in [-0.1, -0.05) is 6.07 Å². The van der Waals surface area contributed by atoms with Gasteiger partial charge in [0, 0.05) is 17.5 Å². The minimum absolute atomic E-state index is 0.529. The lowest BCUT2D eigenvalue weighted by Gasteiger charge is -2.09. The second kappa shape index (κ2) is 2.05. The first-order chi connectivity index (χ1) is 5.22. The highest BCUT2D eigenvalue weighted by atomic mass is 16.3. The summed E-state index contributed by atoms with van der Waals surface area (Å²) < 4.78 is 0. The van der Waals surface area contributed by atoms with Crippen molar-refractivity contribution in [3.05, 3.63) is 29.6 Å². The minimum Gasteiger partial charge on any atom is -0.385 e. The van der Waals surface area contributed by atoms with Crippen LogP contribution in [0.25, 0.3) is 0 Å². The average Bonchev–Trinajstić information content (AvgIpc) is 2.70. The largest absolute Gasteiger partial charge is 0.385 e. The highest BCUT2D eigenvalue weighted by Crippen LogP contribution is 2.45. The Hall–Kier alpha value is -0.890. The van der Waals surface area contributed by atoms with Crippen LogP contribution in [0.5, 0.6) is 0 Å². The molecule has 1 N–H and O–H groups in total. The van der Waals surface area contributed by atoms with Crippen LogP contribution in [-0.4, -0.2) is 10.1 Å². The van der Waals surface area contributed by atoms with Gasteiger partial charge in [-0.2, -0.15) is 0 Å². The molecular formula is C9H11NO. The van der Waals surface area contributed by atoms with E-state index in [0.717, 1.165) is 24.1 Å². The summed E-state index contributed by atoms with van der Waals surface area (Å²) in [7, 11) is 0. The molecule has 0 bridgehead atoms. The number of hydrogen-bond acceptors (Lipinski definition) is 2. The molecule has 0 saturated heterocycles. The van der Waals surface area contributed by atoms with E-state index in [2.05, 4.69) is 4.98 Å². The lowest BCUT2D eigenvalue weighted by Crippen LogP contribution is -2.07. The molecule has 0 unspecified atom stereocenters. The molecule has 2 heteroatoms. The molecule has 2 nitrogen and oxygen atoms in total. The third kappa shape index (κ3) is 1.03. The van der Waals surface area contributed by atoms with E-state index in [4.69, 9.17) is 0 Å². The monoisotopic (exact) mass is 149 g/mol. The lowest BCUT2D eigenvalue weighted by molar-refractivity contribution is 0.150. The van der Waals surface area contributed by atoms with Crippen LogP contribution in [0.3, 0.4) is 0 Å². The Morgan fingerprint density at radius 2 is 2.27 bits per heavy atom. The molecule has 0 aromatic carbocycles. The van der Waals surface area contributed by atoms with Gasteiger partial charge in [0.2, 0.25) is 0 Å². The highest BCUT2D eigenvalue weighted by molar-refractivity contribution is 5.29. The molecule has 1 heterocycles. The van der Waals surface area contributed by atoms with Crippen molar-refractivity contribution in [1.29, 1.82) is 0 Å². The zero-order valence-electron chi connectivity index (χ0n) is 6.54. The zero-order valence-corrected chi connectivity index (χ0v) is 6.54. The van der Waals surface area contributed by atoms with Crippen LogP contribution >= 0.6 is 0 Å². The zero-order chi connectivity index (χ0) is 7.90. The first-order valence-corrected chi connectivity index (χ1v) is 3.87. The summed E-state index contributed by atoms with van der Waals surface area (Å²) >= 11 is 0. The quantitative estimate of drug-likeness (QED) is 0.654. The molecule has 1 aliphatic carbocycles. The van der Waals surface area contributed by atoms with Gasteiger partial charge in [-0.25, -0.2) is 0 Å². The van der Waals surface area contributed by atoms with Gasteiger partial charge in [0.25, 0.3) is 0 Å². The minimum atomic E-state index is -0.529. The van der Waals surface area contributed by atoms with Gasteiger partial charge in [-0.3, -0.25) is 4.98 Å². The average molecular weight is 149 g/mol. The second-order valence-corrected chi connectivity index (χ2v) is 3.17. The summed E-state index contributed by atoms with van der Waals surface area (Å²) in [5, 5.41) is 9.74. The Labute approximate surface area is 65.9 Å². The SMILES string of the molecule is Cc1ncccc1C1(O)CC1. The Morgan fingerprint density at radius 1 is 1.55 bits per heavy atom. The summed E-state index contributed by atoms with van der Waals surface area (Å²) in [6.07, 6.45) is 3.53. The van der Waals surface area contributed by atoms with Crippen molar-refractivity contribution >= 4 is 0 Å². The number of aliphatic hydroxyl groups is 1. The number of pyridine rings is 1. The molecule has 0 spiro atoms. The van der Waals surface area contributed by atoms with Crippen molar-refractivity contribution in [3.8, 4) is 0 Å². The fourth-order valence-electron chi connectivity index (χ4n) is 1.36. The lowest BCUT2D eigenvalue weighted by atomic mass is 10.1. The Balaban J connectivity index is 2.45. The maximum Gasteiger partial charge on any atom is 0.0916 e. The number of aromatic nitrogens is 1. The number of rotatable bonds is 1. The summed E-state index contributed by atoms with van der Waals surface area (Å²) in [5.41, 5.74) is 1.42. The van der Waals surface area contributed by atoms with Gasteiger partial charge in [-0.05, 0) is 25.8 Å². The van der Waals surface area contributed by atoms with E-state index in [9.17, 15) is 5.11 Å². The molecule has 1 aromatic heterocycles. The van der Waals surface area contributed by atoms with Gasteiger partial charge in [0.15, 0.2) is 0 Å². The molecule has 1 saturated carbocycles. The van der Waals surface area contributed by atoms with Crippen molar-refractivity contribution in [3.63, 3.8) is 0 Å². The van der Waals surface area contributed by atoms with Crippen molar-refractivity contribution in [2.24, 2.45) is 0 Å². The van der Waals surface area contributed by atoms with E-state index in [1.165, 1.54) is 0 Å². The first kappa shape index (κ1) is 6.80. The van der Waals surface area contributed by atoms with Crippen molar-refractivity contribution in [1.82, 2.24) is 4.98 Å². The van der Waals surface area contributed by atoms with Gasteiger partial charge >= 0.3 is 0 Å². The molecule has 2 rings (SSSR count). The van der Waals surface area contributed by atoms with Crippen LogP contribution in [0.2, 0.25) is 0 Å². The van der Waals surface area contributed by atoms with Crippen molar-refractivity contribution < 1.29 is 5.11 Å². The number of aryl methyl sites for hydroxylation is 1. The molecule has 0 radical (unpaired) electrons. The molecule has 0 amide bonds. The number of nitrogens with zero attached hydrogens (tertiary/aromatic N) is 1. The third-order valence-electron chi connectivity index (χ3n) is 2.23. The molecule has 0 aliphatic heterocycles. The van der Waals surface area contributed by atoms with Crippen LogP contribution in [0.1, 0.15) is 24.1 Å². The fourth-order valence-corrected chi connectivity index (χ4v) is 1.36. The Morgan fingerprint density at radius 3 is 2.82 bits per heavy atom. The Kier molecular flexibility index (Phi) is 1.26. The van der Waals surface area contributed by atoms with Crippen molar-refractivity contribution in [2.75, 3.05) is 0 Å². The normalized spacial score (nSPS) is 19.8. The molecule has 11 heavy (non-hydrogen) atoms. The standard InChI is InChI=1S/C9H11NO/c1-7-8(3-2-6-10-7)9(11)4-5-9/h2-3,6,11H,4-5H2,1H3.